The van der Waals surface area contributed by atoms with Crippen LogP contribution in [0.3, 0.4) is 0 Å². The number of benzene rings is 2. The Labute approximate surface area is 120 Å². The molecule has 0 aliphatic carbocycles. The zero-order valence-electron chi connectivity index (χ0n) is 10.3. The van der Waals surface area contributed by atoms with Crippen LogP contribution in [0, 0.1) is 0 Å². The Morgan fingerprint density at radius 2 is 1.37 bits per heavy atom. The summed E-state index contributed by atoms with van der Waals surface area (Å²) in [6.45, 7) is 0. The van der Waals surface area contributed by atoms with E-state index in [0.29, 0.717) is 5.11 Å². The maximum atomic E-state index is 5.37. The molecule has 0 saturated carbocycles. The summed E-state index contributed by atoms with van der Waals surface area (Å²) >= 11 is 5.14. The zero-order valence-corrected chi connectivity index (χ0v) is 12.3. The van der Waals surface area contributed by atoms with Crippen molar-refractivity contribution in [3.8, 4) is 0 Å². The molecule has 0 bridgehead atoms. The quantitative estimate of drug-likeness (QED) is 0.350. The van der Waals surface area contributed by atoms with Gasteiger partial charge in [-0.1, -0.05) is 60.7 Å². The highest BCUT2D eigenvalue weighted by atomic mass is 32.1. The van der Waals surface area contributed by atoms with E-state index in [1.54, 1.807) is 0 Å². The molecule has 98 valence electrons. The Morgan fingerprint density at radius 3 is 1.74 bits per heavy atom. The van der Waals surface area contributed by atoms with Crippen molar-refractivity contribution in [3.63, 3.8) is 0 Å². The van der Waals surface area contributed by atoms with Crippen LogP contribution >= 0.6 is 21.5 Å². The fourth-order valence-electron chi connectivity index (χ4n) is 1.93. The lowest BCUT2D eigenvalue weighted by Gasteiger charge is -2.32. The van der Waals surface area contributed by atoms with Crippen molar-refractivity contribution in [3.05, 3.63) is 71.8 Å². The summed E-state index contributed by atoms with van der Waals surface area (Å²) in [4.78, 5) is 0. The van der Waals surface area contributed by atoms with E-state index in [4.69, 9.17) is 18.1 Å². The van der Waals surface area contributed by atoms with Crippen LogP contribution in [0.25, 0.3) is 0 Å². The van der Waals surface area contributed by atoms with Crippen molar-refractivity contribution < 1.29 is 0 Å². The van der Waals surface area contributed by atoms with Gasteiger partial charge >= 0.3 is 0 Å². The minimum Gasteiger partial charge on any atom is -0.345 e. The molecule has 0 saturated heterocycles. The molecule has 2 aromatic carbocycles. The summed E-state index contributed by atoms with van der Waals surface area (Å²) in [6.07, 6.45) is 0. The van der Waals surface area contributed by atoms with Crippen LogP contribution < -0.4 is 16.6 Å². The molecule has 2 aromatic rings. The fourth-order valence-corrected chi connectivity index (χ4v) is 2.72. The van der Waals surface area contributed by atoms with Crippen LogP contribution in [0.5, 0.6) is 0 Å². The van der Waals surface area contributed by atoms with Crippen molar-refractivity contribution in [2.24, 2.45) is 5.84 Å². The van der Waals surface area contributed by atoms with Gasteiger partial charge in [-0.05, 0) is 23.3 Å². The van der Waals surface area contributed by atoms with Crippen molar-refractivity contribution >= 4 is 26.6 Å². The van der Waals surface area contributed by atoms with Gasteiger partial charge in [0.15, 0.2) is 5.11 Å². The Balaban J connectivity index is 2.47. The molecular formula is C14H16N3PS. The van der Waals surface area contributed by atoms with E-state index in [-0.39, 0.29) is 0 Å². The molecule has 0 aromatic heterocycles. The number of hydrazine groups is 1. The van der Waals surface area contributed by atoms with E-state index in [1.807, 2.05) is 60.7 Å². The summed E-state index contributed by atoms with van der Waals surface area (Å²) in [5.74, 6) is 5.37. The molecule has 0 aliphatic heterocycles. The van der Waals surface area contributed by atoms with E-state index in [0.717, 1.165) is 11.1 Å². The number of hydrogen-bond donors (Lipinski definition) is 3. The molecule has 0 fully saturated rings. The van der Waals surface area contributed by atoms with E-state index >= 15 is 0 Å². The minimum absolute atomic E-state index is 0.391. The SMILES string of the molecule is NNC(=S)NC(P)(c1ccccc1)c1ccccc1. The van der Waals surface area contributed by atoms with Gasteiger partial charge in [0.25, 0.3) is 0 Å². The topological polar surface area (TPSA) is 50.1 Å². The molecule has 3 nitrogen and oxygen atoms in total. The summed E-state index contributed by atoms with van der Waals surface area (Å²) in [5, 5.41) is 3.12. The molecule has 1 atom stereocenters. The summed E-state index contributed by atoms with van der Waals surface area (Å²) in [7, 11) is 2.82. The lowest BCUT2D eigenvalue weighted by molar-refractivity contribution is 0.680. The molecule has 5 heteroatoms. The van der Waals surface area contributed by atoms with Gasteiger partial charge in [0.2, 0.25) is 0 Å². The summed E-state index contributed by atoms with van der Waals surface area (Å²) < 4.78 is 0. The lowest BCUT2D eigenvalue weighted by Crippen LogP contribution is -2.49. The van der Waals surface area contributed by atoms with Crippen molar-refractivity contribution in [1.29, 1.82) is 0 Å². The molecule has 1 unspecified atom stereocenters. The predicted octanol–water partition coefficient (Wildman–Crippen LogP) is 2.10. The highest BCUT2D eigenvalue weighted by Crippen LogP contribution is 2.35. The van der Waals surface area contributed by atoms with Gasteiger partial charge < -0.3 is 10.7 Å². The van der Waals surface area contributed by atoms with E-state index < -0.39 is 5.28 Å². The van der Waals surface area contributed by atoms with Crippen LogP contribution in [0.4, 0.5) is 0 Å². The average molecular weight is 289 g/mol. The first-order valence-electron chi connectivity index (χ1n) is 5.85. The van der Waals surface area contributed by atoms with Crippen LogP contribution in [-0.2, 0) is 5.28 Å². The Bertz CT molecular complexity index is 506. The second-order valence-corrected chi connectivity index (χ2v) is 5.41. The summed E-state index contributed by atoms with van der Waals surface area (Å²) in [6, 6.07) is 20.2. The molecule has 0 amide bonds. The third-order valence-corrected chi connectivity index (χ3v) is 3.93. The maximum absolute atomic E-state index is 5.37. The van der Waals surface area contributed by atoms with Gasteiger partial charge in [-0.3, -0.25) is 0 Å². The van der Waals surface area contributed by atoms with Gasteiger partial charge in [-0.2, -0.15) is 0 Å². The molecule has 0 spiro atoms. The van der Waals surface area contributed by atoms with Gasteiger partial charge in [0.05, 0.1) is 0 Å². The zero-order chi connectivity index (χ0) is 13.7. The smallest absolute Gasteiger partial charge is 0.181 e. The molecule has 0 aliphatic rings. The highest BCUT2D eigenvalue weighted by molar-refractivity contribution is 7.80. The van der Waals surface area contributed by atoms with Crippen LogP contribution in [0.1, 0.15) is 11.1 Å². The van der Waals surface area contributed by atoms with Crippen molar-refractivity contribution in [2.75, 3.05) is 0 Å². The van der Waals surface area contributed by atoms with Gasteiger partial charge in [-0.25, -0.2) is 5.84 Å². The largest absolute Gasteiger partial charge is 0.345 e. The number of nitrogens with one attached hydrogen (secondary N) is 2. The molecular weight excluding hydrogens is 273 g/mol. The van der Waals surface area contributed by atoms with Crippen molar-refractivity contribution in [2.45, 2.75) is 5.28 Å². The normalized spacial score (nSPS) is 10.8. The molecule has 0 heterocycles. The first kappa shape index (κ1) is 13.9. The predicted molar refractivity (Wildman–Crippen MR) is 86.4 cm³/mol. The first-order valence-corrected chi connectivity index (χ1v) is 6.84. The monoisotopic (exact) mass is 289 g/mol. The Morgan fingerprint density at radius 1 is 0.947 bits per heavy atom. The maximum Gasteiger partial charge on any atom is 0.181 e. The molecule has 19 heavy (non-hydrogen) atoms. The van der Waals surface area contributed by atoms with E-state index in [9.17, 15) is 0 Å². The van der Waals surface area contributed by atoms with Crippen LogP contribution in [0.15, 0.2) is 60.7 Å². The second kappa shape index (κ2) is 6.11. The van der Waals surface area contributed by atoms with Crippen LogP contribution in [-0.4, -0.2) is 5.11 Å². The minimum atomic E-state index is -0.508. The number of hydrogen-bond acceptors (Lipinski definition) is 2. The van der Waals surface area contributed by atoms with Gasteiger partial charge in [-0.15, -0.1) is 9.24 Å². The molecule has 0 radical (unpaired) electrons. The third kappa shape index (κ3) is 3.10. The summed E-state index contributed by atoms with van der Waals surface area (Å²) in [5.41, 5.74) is 4.64. The standard InChI is InChI=1S/C14H16N3PS/c15-17-13(19)16-14(18,11-7-3-1-4-8-11)12-9-5-2-6-10-12/h1-10H,15,18H2,(H2,16,17,19). The number of thiocarbonyl (C=S) groups is 1. The first-order chi connectivity index (χ1) is 9.16. The molecule has 2 rings (SSSR count). The van der Waals surface area contributed by atoms with Gasteiger partial charge in [0.1, 0.15) is 5.28 Å². The Kier molecular flexibility index (Phi) is 4.48. The van der Waals surface area contributed by atoms with E-state index in [1.165, 1.54) is 0 Å². The van der Waals surface area contributed by atoms with Crippen LogP contribution in [0.2, 0.25) is 0 Å². The average Bonchev–Trinajstić information content (AvgIpc) is 2.48. The number of rotatable bonds is 3. The third-order valence-electron chi connectivity index (χ3n) is 2.90. The second-order valence-electron chi connectivity index (χ2n) is 4.14. The number of nitrogens with two attached hydrogens (primary N) is 1. The Hall–Kier alpha value is -1.48. The molecule has 4 N–H and O–H groups in total. The van der Waals surface area contributed by atoms with Gasteiger partial charge in [0, 0.05) is 0 Å². The lowest BCUT2D eigenvalue weighted by atomic mass is 9.98. The highest BCUT2D eigenvalue weighted by Gasteiger charge is 2.29. The van der Waals surface area contributed by atoms with E-state index in [2.05, 4.69) is 20.0 Å². The van der Waals surface area contributed by atoms with Crippen molar-refractivity contribution in [1.82, 2.24) is 10.7 Å². The fraction of sp³-hybridized carbons (Fsp3) is 0.0714.